The highest BCUT2D eigenvalue weighted by Gasteiger charge is 2.19. The third-order valence-corrected chi connectivity index (χ3v) is 3.59. The minimum absolute atomic E-state index is 0.725. The van der Waals surface area contributed by atoms with Crippen molar-refractivity contribution in [3.63, 3.8) is 0 Å². The van der Waals surface area contributed by atoms with Gasteiger partial charge < -0.3 is 15.4 Å². The molecule has 0 bridgehead atoms. The van der Waals surface area contributed by atoms with Gasteiger partial charge in [0.1, 0.15) is 5.75 Å². The summed E-state index contributed by atoms with van der Waals surface area (Å²) in [5.41, 5.74) is 10.7. The number of nitrogens with zero attached hydrogens (tertiary/aromatic N) is 1. The average Bonchev–Trinajstić information content (AvgIpc) is 2.88. The van der Waals surface area contributed by atoms with E-state index in [0.717, 1.165) is 43.2 Å². The van der Waals surface area contributed by atoms with E-state index in [9.17, 15) is 0 Å². The van der Waals surface area contributed by atoms with Crippen molar-refractivity contribution in [1.82, 2.24) is 0 Å². The first-order chi connectivity index (χ1) is 9.76. The normalized spacial score (nSPS) is 13.3. The molecule has 0 amide bonds. The van der Waals surface area contributed by atoms with Crippen LogP contribution in [0.15, 0.2) is 42.5 Å². The van der Waals surface area contributed by atoms with Gasteiger partial charge in [0.25, 0.3) is 0 Å². The molecule has 3 nitrogen and oxygen atoms in total. The molecule has 0 saturated carbocycles. The van der Waals surface area contributed by atoms with Crippen LogP contribution in [0.25, 0.3) is 0 Å². The van der Waals surface area contributed by atoms with Crippen molar-refractivity contribution in [2.45, 2.75) is 26.4 Å². The lowest BCUT2D eigenvalue weighted by atomic mass is 10.1. The topological polar surface area (TPSA) is 38.5 Å². The Labute approximate surface area is 120 Å². The van der Waals surface area contributed by atoms with E-state index in [1.807, 2.05) is 12.1 Å². The zero-order valence-corrected chi connectivity index (χ0v) is 11.8. The Bertz CT molecular complexity index is 585. The second-order valence-electron chi connectivity index (χ2n) is 5.23. The van der Waals surface area contributed by atoms with Gasteiger partial charge in [0.15, 0.2) is 0 Å². The van der Waals surface area contributed by atoms with Crippen molar-refractivity contribution < 1.29 is 4.74 Å². The minimum atomic E-state index is 0.725. The number of nitrogens with two attached hydrogens (primary N) is 1. The van der Waals surface area contributed by atoms with Crippen LogP contribution in [0.2, 0.25) is 0 Å². The van der Waals surface area contributed by atoms with Gasteiger partial charge in [0.2, 0.25) is 0 Å². The highest BCUT2D eigenvalue weighted by Crippen LogP contribution is 2.32. The van der Waals surface area contributed by atoms with Gasteiger partial charge in [-0.25, -0.2) is 0 Å². The summed E-state index contributed by atoms with van der Waals surface area (Å²) in [6, 6.07) is 14.6. The molecule has 0 fully saturated rings. The van der Waals surface area contributed by atoms with Crippen LogP contribution in [0.5, 0.6) is 5.75 Å². The molecular weight excluding hydrogens is 248 g/mol. The minimum Gasteiger partial charge on any atom is -0.493 e. The largest absolute Gasteiger partial charge is 0.493 e. The summed E-state index contributed by atoms with van der Waals surface area (Å²) in [5, 5.41) is 0. The highest BCUT2D eigenvalue weighted by atomic mass is 16.5. The maximum atomic E-state index is 6.00. The van der Waals surface area contributed by atoms with E-state index in [4.69, 9.17) is 10.5 Å². The molecule has 2 aromatic rings. The summed E-state index contributed by atoms with van der Waals surface area (Å²) in [4.78, 5) is 2.33. The molecule has 3 heteroatoms. The Morgan fingerprint density at radius 2 is 1.80 bits per heavy atom. The Morgan fingerprint density at radius 3 is 2.45 bits per heavy atom. The van der Waals surface area contributed by atoms with E-state index in [1.165, 1.54) is 11.1 Å². The van der Waals surface area contributed by atoms with E-state index < -0.39 is 0 Å². The monoisotopic (exact) mass is 268 g/mol. The van der Waals surface area contributed by atoms with E-state index in [2.05, 4.69) is 42.2 Å². The Balaban J connectivity index is 1.83. The standard InChI is InChI=1S/C17H20N2O/c1-2-7-20-17-9-15(18)8-16(10-17)19-11-13-5-3-4-6-14(13)12-19/h3-6,8-10H,2,7,11-12,18H2,1H3. The first-order valence-corrected chi connectivity index (χ1v) is 7.11. The fourth-order valence-corrected chi connectivity index (χ4v) is 2.61. The number of hydrogen-bond donors (Lipinski definition) is 1. The molecule has 0 aromatic heterocycles. The maximum absolute atomic E-state index is 6.00. The van der Waals surface area contributed by atoms with Gasteiger partial charge in [-0.15, -0.1) is 0 Å². The summed E-state index contributed by atoms with van der Waals surface area (Å²) < 4.78 is 5.71. The number of fused-ring (bicyclic) bond motifs is 1. The summed E-state index contributed by atoms with van der Waals surface area (Å²) in [6.45, 7) is 4.70. The Hall–Kier alpha value is -2.16. The van der Waals surface area contributed by atoms with Crippen molar-refractivity contribution in [2.75, 3.05) is 17.2 Å². The number of ether oxygens (including phenoxy) is 1. The quantitative estimate of drug-likeness (QED) is 0.861. The molecule has 0 aliphatic carbocycles. The molecule has 1 aliphatic rings. The van der Waals surface area contributed by atoms with Crippen LogP contribution in [0.4, 0.5) is 11.4 Å². The summed E-state index contributed by atoms with van der Waals surface area (Å²) >= 11 is 0. The number of nitrogen functional groups attached to an aromatic ring is 1. The zero-order valence-electron chi connectivity index (χ0n) is 11.8. The zero-order chi connectivity index (χ0) is 13.9. The highest BCUT2D eigenvalue weighted by molar-refractivity contribution is 5.62. The molecular formula is C17H20N2O. The molecule has 0 atom stereocenters. The third kappa shape index (κ3) is 2.57. The lowest BCUT2D eigenvalue weighted by Crippen LogP contribution is -2.14. The van der Waals surface area contributed by atoms with E-state index >= 15 is 0 Å². The van der Waals surface area contributed by atoms with Gasteiger partial charge in [-0.05, 0) is 23.6 Å². The van der Waals surface area contributed by atoms with Crippen molar-refractivity contribution in [1.29, 1.82) is 0 Å². The van der Waals surface area contributed by atoms with Gasteiger partial charge in [-0.2, -0.15) is 0 Å². The molecule has 0 spiro atoms. The van der Waals surface area contributed by atoms with Crippen LogP contribution in [0.3, 0.4) is 0 Å². The Kier molecular flexibility index (Phi) is 3.50. The van der Waals surface area contributed by atoms with Crippen molar-refractivity contribution >= 4 is 11.4 Å². The molecule has 1 heterocycles. The number of benzene rings is 2. The van der Waals surface area contributed by atoms with E-state index in [0.29, 0.717) is 0 Å². The molecule has 2 N–H and O–H groups in total. The second-order valence-corrected chi connectivity index (χ2v) is 5.23. The molecule has 0 unspecified atom stereocenters. The third-order valence-electron chi connectivity index (χ3n) is 3.59. The van der Waals surface area contributed by atoms with Gasteiger partial charge in [-0.3, -0.25) is 0 Å². The molecule has 20 heavy (non-hydrogen) atoms. The van der Waals surface area contributed by atoms with Crippen LogP contribution in [-0.2, 0) is 13.1 Å². The van der Waals surface area contributed by atoms with Crippen molar-refractivity contribution in [3.8, 4) is 5.75 Å². The molecule has 0 radical (unpaired) electrons. The lowest BCUT2D eigenvalue weighted by Gasteiger charge is -2.19. The van der Waals surface area contributed by atoms with E-state index in [-0.39, 0.29) is 0 Å². The van der Waals surface area contributed by atoms with Gasteiger partial charge in [-0.1, -0.05) is 31.2 Å². The fourth-order valence-electron chi connectivity index (χ4n) is 2.61. The predicted molar refractivity (Wildman–Crippen MR) is 83.0 cm³/mol. The van der Waals surface area contributed by atoms with Crippen LogP contribution >= 0.6 is 0 Å². The molecule has 1 aliphatic heterocycles. The number of anilines is 2. The summed E-state index contributed by atoms with van der Waals surface area (Å²) in [6.07, 6.45) is 0.999. The van der Waals surface area contributed by atoms with Crippen molar-refractivity contribution in [3.05, 3.63) is 53.6 Å². The van der Waals surface area contributed by atoms with Gasteiger partial charge >= 0.3 is 0 Å². The van der Waals surface area contributed by atoms with Crippen LogP contribution in [-0.4, -0.2) is 6.61 Å². The first kappa shape index (κ1) is 12.9. The Morgan fingerprint density at radius 1 is 1.10 bits per heavy atom. The van der Waals surface area contributed by atoms with Crippen LogP contribution in [0.1, 0.15) is 24.5 Å². The van der Waals surface area contributed by atoms with E-state index in [1.54, 1.807) is 0 Å². The predicted octanol–water partition coefficient (Wildman–Crippen LogP) is 3.58. The van der Waals surface area contributed by atoms with Gasteiger partial charge in [0, 0.05) is 36.6 Å². The number of hydrogen-bond acceptors (Lipinski definition) is 3. The van der Waals surface area contributed by atoms with Crippen LogP contribution in [0, 0.1) is 0 Å². The molecule has 3 rings (SSSR count). The molecule has 0 saturated heterocycles. The SMILES string of the molecule is CCCOc1cc(N)cc(N2Cc3ccccc3C2)c1. The smallest absolute Gasteiger partial charge is 0.123 e. The summed E-state index contributed by atoms with van der Waals surface area (Å²) in [5.74, 6) is 0.859. The average molecular weight is 268 g/mol. The van der Waals surface area contributed by atoms with Crippen LogP contribution < -0.4 is 15.4 Å². The molecule has 2 aromatic carbocycles. The maximum Gasteiger partial charge on any atom is 0.123 e. The second kappa shape index (κ2) is 5.45. The van der Waals surface area contributed by atoms with Gasteiger partial charge in [0.05, 0.1) is 6.61 Å². The number of rotatable bonds is 4. The molecule has 104 valence electrons. The first-order valence-electron chi connectivity index (χ1n) is 7.11. The van der Waals surface area contributed by atoms with Crippen molar-refractivity contribution in [2.24, 2.45) is 0 Å². The summed E-state index contributed by atoms with van der Waals surface area (Å²) in [7, 11) is 0. The lowest BCUT2D eigenvalue weighted by molar-refractivity contribution is 0.317. The fraction of sp³-hybridized carbons (Fsp3) is 0.294.